The molecule has 0 spiro atoms. The van der Waals surface area contributed by atoms with Crippen molar-refractivity contribution in [3.05, 3.63) is 65.9 Å². The molecule has 0 amide bonds. The number of benzene rings is 2. The summed E-state index contributed by atoms with van der Waals surface area (Å²) in [7, 11) is 0. The lowest BCUT2D eigenvalue weighted by Gasteiger charge is -2.14. The van der Waals surface area contributed by atoms with Crippen molar-refractivity contribution in [1.82, 2.24) is 4.98 Å². The van der Waals surface area contributed by atoms with Gasteiger partial charge in [0.15, 0.2) is 0 Å². The maximum absolute atomic E-state index is 11.6. The van der Waals surface area contributed by atoms with Gasteiger partial charge in [0.2, 0.25) is 0 Å². The van der Waals surface area contributed by atoms with Crippen molar-refractivity contribution < 1.29 is 30.0 Å². The summed E-state index contributed by atoms with van der Waals surface area (Å²) in [5.41, 5.74) is 0.138. The molecule has 3 aromatic rings. The number of hydrogen-bond acceptors (Lipinski definition) is 5. The summed E-state index contributed by atoms with van der Waals surface area (Å²) in [5, 5.41) is 38.7. The number of carbonyl (C=O) groups is 2. The topological polar surface area (TPSA) is 128 Å². The SMILES string of the molecule is O=C(O)c1c(O)cccc1-c1cccnc1-c1cccc(O)c1C(=O)O. The molecule has 7 heteroatoms. The third-order valence-corrected chi connectivity index (χ3v) is 3.87. The molecule has 0 saturated carbocycles. The van der Waals surface area contributed by atoms with Crippen molar-refractivity contribution >= 4 is 11.9 Å². The van der Waals surface area contributed by atoms with Crippen LogP contribution >= 0.6 is 0 Å². The summed E-state index contributed by atoms with van der Waals surface area (Å²) in [6.45, 7) is 0. The highest BCUT2D eigenvalue weighted by molar-refractivity contribution is 6.04. The molecule has 0 aliphatic heterocycles. The molecule has 3 rings (SSSR count). The van der Waals surface area contributed by atoms with Gasteiger partial charge in [0.25, 0.3) is 0 Å². The van der Waals surface area contributed by atoms with E-state index in [9.17, 15) is 30.0 Å². The van der Waals surface area contributed by atoms with Crippen LogP contribution in [0.5, 0.6) is 11.5 Å². The molecule has 0 radical (unpaired) electrons. The van der Waals surface area contributed by atoms with Gasteiger partial charge in [-0.3, -0.25) is 4.98 Å². The van der Waals surface area contributed by atoms with Gasteiger partial charge in [-0.1, -0.05) is 30.3 Å². The van der Waals surface area contributed by atoms with Crippen molar-refractivity contribution in [2.45, 2.75) is 0 Å². The lowest BCUT2D eigenvalue weighted by molar-refractivity contribution is 0.0683. The fraction of sp³-hybridized carbons (Fsp3) is 0. The molecule has 0 aliphatic carbocycles. The second kappa shape index (κ2) is 6.56. The normalized spacial score (nSPS) is 10.5. The van der Waals surface area contributed by atoms with Gasteiger partial charge in [0.05, 0.1) is 5.69 Å². The Morgan fingerprint density at radius 3 is 1.77 bits per heavy atom. The van der Waals surface area contributed by atoms with E-state index in [1.54, 1.807) is 12.1 Å². The van der Waals surface area contributed by atoms with Crippen LogP contribution in [-0.4, -0.2) is 37.3 Å². The lowest BCUT2D eigenvalue weighted by atomic mass is 9.92. The van der Waals surface area contributed by atoms with Crippen molar-refractivity contribution in [2.75, 3.05) is 0 Å². The van der Waals surface area contributed by atoms with Gasteiger partial charge >= 0.3 is 11.9 Å². The molecule has 0 unspecified atom stereocenters. The Bertz CT molecular complexity index is 946. The van der Waals surface area contributed by atoms with Crippen molar-refractivity contribution in [3.63, 3.8) is 0 Å². The number of aromatic carboxylic acids is 2. The number of rotatable bonds is 4. The summed E-state index contributed by atoms with van der Waals surface area (Å²) in [6, 6.07) is 11.5. The zero-order chi connectivity index (χ0) is 18.8. The molecule has 130 valence electrons. The molecule has 7 nitrogen and oxygen atoms in total. The Balaban J connectivity index is 2.35. The van der Waals surface area contributed by atoms with Gasteiger partial charge in [-0.2, -0.15) is 0 Å². The van der Waals surface area contributed by atoms with Gasteiger partial charge in [-0.25, -0.2) is 9.59 Å². The van der Waals surface area contributed by atoms with Gasteiger partial charge in [-0.15, -0.1) is 0 Å². The molecule has 0 atom stereocenters. The standard InChI is InChI=1S/C19H13NO6/c21-13-7-1-4-10(15(13)18(23)24)11-6-3-9-20-17(11)12-5-2-8-14(22)16(12)19(25)26/h1-9,21-22H,(H,23,24)(H,25,26). The Labute approximate surface area is 147 Å². The van der Waals surface area contributed by atoms with E-state index < -0.39 is 23.4 Å². The quantitative estimate of drug-likeness (QED) is 0.568. The number of hydrogen-bond donors (Lipinski definition) is 4. The summed E-state index contributed by atoms with van der Waals surface area (Å²) in [4.78, 5) is 27.3. The molecule has 1 heterocycles. The van der Waals surface area contributed by atoms with Crippen LogP contribution in [0, 0.1) is 0 Å². The zero-order valence-electron chi connectivity index (χ0n) is 13.2. The summed E-state index contributed by atoms with van der Waals surface area (Å²) < 4.78 is 0. The average molecular weight is 351 g/mol. The maximum atomic E-state index is 11.6. The fourth-order valence-corrected chi connectivity index (χ4v) is 2.79. The first-order chi connectivity index (χ1) is 12.4. The molecule has 0 fully saturated rings. The van der Waals surface area contributed by atoms with Crippen LogP contribution in [0.25, 0.3) is 22.4 Å². The van der Waals surface area contributed by atoms with Gasteiger partial charge in [0, 0.05) is 22.9 Å². The van der Waals surface area contributed by atoms with Gasteiger partial charge < -0.3 is 20.4 Å². The van der Waals surface area contributed by atoms with E-state index >= 15 is 0 Å². The van der Waals surface area contributed by atoms with E-state index in [0.717, 1.165) is 0 Å². The minimum Gasteiger partial charge on any atom is -0.507 e. The van der Waals surface area contributed by atoms with Crippen LogP contribution in [0.1, 0.15) is 20.7 Å². The van der Waals surface area contributed by atoms with Gasteiger partial charge in [0.1, 0.15) is 22.6 Å². The van der Waals surface area contributed by atoms with Crippen molar-refractivity contribution in [3.8, 4) is 33.9 Å². The van der Waals surface area contributed by atoms with Crippen LogP contribution in [-0.2, 0) is 0 Å². The van der Waals surface area contributed by atoms with Crippen LogP contribution in [0.2, 0.25) is 0 Å². The number of aromatic nitrogens is 1. The van der Waals surface area contributed by atoms with Crippen LogP contribution in [0.15, 0.2) is 54.7 Å². The second-order valence-corrected chi connectivity index (χ2v) is 5.41. The molecule has 4 N–H and O–H groups in total. The fourth-order valence-electron chi connectivity index (χ4n) is 2.79. The van der Waals surface area contributed by atoms with E-state index in [0.29, 0.717) is 5.56 Å². The van der Waals surface area contributed by atoms with Crippen molar-refractivity contribution in [1.29, 1.82) is 0 Å². The summed E-state index contributed by atoms with van der Waals surface area (Å²) in [5.74, 6) is -3.52. The predicted octanol–water partition coefficient (Wildman–Crippen LogP) is 3.22. The molecule has 0 aliphatic rings. The molecular formula is C19H13NO6. The molecule has 26 heavy (non-hydrogen) atoms. The Morgan fingerprint density at radius 1 is 0.692 bits per heavy atom. The molecule has 0 bridgehead atoms. The first-order valence-electron chi connectivity index (χ1n) is 7.48. The highest BCUT2D eigenvalue weighted by atomic mass is 16.4. The Hall–Kier alpha value is -3.87. The number of phenols is 2. The second-order valence-electron chi connectivity index (χ2n) is 5.41. The van der Waals surface area contributed by atoms with E-state index in [-0.39, 0.29) is 27.9 Å². The van der Waals surface area contributed by atoms with Crippen LogP contribution in [0.3, 0.4) is 0 Å². The summed E-state index contributed by atoms with van der Waals surface area (Å²) >= 11 is 0. The van der Waals surface area contributed by atoms with E-state index in [1.165, 1.54) is 42.6 Å². The minimum atomic E-state index is -1.34. The van der Waals surface area contributed by atoms with Gasteiger partial charge in [-0.05, 0) is 18.2 Å². The zero-order valence-corrected chi connectivity index (χ0v) is 13.2. The first kappa shape index (κ1) is 17.0. The number of carboxylic acid groups (broad SMARTS) is 2. The smallest absolute Gasteiger partial charge is 0.340 e. The van der Waals surface area contributed by atoms with E-state index in [1.807, 2.05) is 0 Å². The molecule has 1 aromatic heterocycles. The molecule has 0 saturated heterocycles. The number of aromatic hydroxyl groups is 2. The monoisotopic (exact) mass is 351 g/mol. The minimum absolute atomic E-state index is 0.132. The van der Waals surface area contributed by atoms with Crippen LogP contribution in [0.4, 0.5) is 0 Å². The summed E-state index contributed by atoms with van der Waals surface area (Å²) in [6.07, 6.45) is 1.43. The number of pyridine rings is 1. The largest absolute Gasteiger partial charge is 0.507 e. The Kier molecular flexibility index (Phi) is 4.28. The lowest BCUT2D eigenvalue weighted by Crippen LogP contribution is -2.04. The highest BCUT2D eigenvalue weighted by Crippen LogP contribution is 2.38. The highest BCUT2D eigenvalue weighted by Gasteiger charge is 2.23. The Morgan fingerprint density at radius 2 is 1.19 bits per heavy atom. The average Bonchev–Trinajstić information content (AvgIpc) is 2.60. The predicted molar refractivity (Wildman–Crippen MR) is 92.4 cm³/mol. The number of carboxylic acids is 2. The third-order valence-electron chi connectivity index (χ3n) is 3.87. The maximum Gasteiger partial charge on any atom is 0.340 e. The van der Waals surface area contributed by atoms with Crippen LogP contribution < -0.4 is 0 Å². The van der Waals surface area contributed by atoms with E-state index in [4.69, 9.17) is 0 Å². The third kappa shape index (κ3) is 2.82. The molecular weight excluding hydrogens is 338 g/mol. The van der Waals surface area contributed by atoms with Crippen molar-refractivity contribution in [2.24, 2.45) is 0 Å². The number of nitrogens with zero attached hydrogens (tertiary/aromatic N) is 1. The first-order valence-corrected chi connectivity index (χ1v) is 7.48. The van der Waals surface area contributed by atoms with E-state index in [2.05, 4.69) is 4.98 Å². The molecule has 2 aromatic carbocycles.